The molecule has 3 aromatic rings. The Morgan fingerprint density at radius 2 is 1.08 bits per heavy atom. The van der Waals surface area contributed by atoms with E-state index in [-0.39, 0.29) is 0 Å². The van der Waals surface area contributed by atoms with Crippen molar-refractivity contribution in [2.75, 3.05) is 7.11 Å². The van der Waals surface area contributed by atoms with E-state index in [2.05, 4.69) is 10.3 Å². The molecule has 0 fully saturated rings. The van der Waals surface area contributed by atoms with Gasteiger partial charge in [0.15, 0.2) is 0 Å². The quantitative estimate of drug-likeness (QED) is 0.507. The normalized spacial score (nSPS) is 12.7. The van der Waals surface area contributed by atoms with Gasteiger partial charge in [-0.1, -0.05) is 91.0 Å². The molecule has 128 valence electrons. The molecule has 0 amide bonds. The lowest BCUT2D eigenvalue weighted by Gasteiger charge is -2.36. The lowest BCUT2D eigenvalue weighted by molar-refractivity contribution is 0.398. The van der Waals surface area contributed by atoms with Gasteiger partial charge in [-0.25, -0.2) is 9.63 Å². The number of hydrazine groups is 1. The van der Waals surface area contributed by atoms with E-state index >= 15 is 0 Å². The number of hydrogen-bond donors (Lipinski definition) is 2. The zero-order valence-electron chi connectivity index (χ0n) is 13.9. The topological polar surface area (TPSA) is 50.4 Å². The molecule has 1 unspecified atom stereocenters. The van der Waals surface area contributed by atoms with Gasteiger partial charge in [-0.2, -0.15) is 0 Å². The van der Waals surface area contributed by atoms with Crippen LogP contribution in [-0.4, -0.2) is 11.3 Å². The van der Waals surface area contributed by atoms with Crippen LogP contribution in [0.1, 0.15) is 16.7 Å². The van der Waals surface area contributed by atoms with E-state index in [1.807, 2.05) is 91.0 Å². The number of nitrogens with one attached hydrogen (secondary N) is 2. The summed E-state index contributed by atoms with van der Waals surface area (Å²) in [7, 11) is 1.39. The molecule has 0 aliphatic rings. The van der Waals surface area contributed by atoms with Crippen molar-refractivity contribution >= 4 is 11.3 Å². The third kappa shape index (κ3) is 3.70. The number of benzene rings is 3. The fourth-order valence-corrected chi connectivity index (χ4v) is 3.26. The first kappa shape index (κ1) is 17.5. The minimum Gasteiger partial charge on any atom is -0.281 e. The lowest BCUT2D eigenvalue weighted by atomic mass is 9.77. The Balaban J connectivity index is 2.22. The summed E-state index contributed by atoms with van der Waals surface area (Å²) in [5, 5.41) is 0. The summed E-state index contributed by atoms with van der Waals surface area (Å²) >= 11 is -1.66. The number of hydrogen-bond acceptors (Lipinski definition) is 3. The highest BCUT2D eigenvalue weighted by Gasteiger charge is 2.36. The first-order valence-electron chi connectivity index (χ1n) is 7.93. The summed E-state index contributed by atoms with van der Waals surface area (Å²) in [6.07, 6.45) is 0. The van der Waals surface area contributed by atoms with Gasteiger partial charge in [0.25, 0.3) is 0 Å². The van der Waals surface area contributed by atoms with Crippen LogP contribution in [0.3, 0.4) is 0 Å². The maximum absolute atomic E-state index is 11.9. The highest BCUT2D eigenvalue weighted by atomic mass is 32.2. The van der Waals surface area contributed by atoms with Gasteiger partial charge in [0.2, 0.25) is 11.3 Å². The molecule has 0 spiro atoms. The molecule has 0 heterocycles. The van der Waals surface area contributed by atoms with Crippen LogP contribution < -0.4 is 10.3 Å². The second-order valence-electron chi connectivity index (χ2n) is 5.48. The van der Waals surface area contributed by atoms with Crippen LogP contribution in [0.25, 0.3) is 0 Å². The van der Waals surface area contributed by atoms with Crippen LogP contribution >= 0.6 is 0 Å². The lowest BCUT2D eigenvalue weighted by Crippen LogP contribution is -2.52. The summed E-state index contributed by atoms with van der Waals surface area (Å²) in [6, 6.07) is 30.2. The van der Waals surface area contributed by atoms with E-state index in [1.54, 1.807) is 0 Å². The Morgan fingerprint density at radius 1 is 0.720 bits per heavy atom. The third-order valence-electron chi connectivity index (χ3n) is 4.09. The molecule has 0 aliphatic heterocycles. The third-order valence-corrected chi connectivity index (χ3v) is 4.67. The van der Waals surface area contributed by atoms with Crippen LogP contribution in [0.5, 0.6) is 0 Å². The van der Waals surface area contributed by atoms with Crippen LogP contribution in [-0.2, 0) is 21.0 Å². The average molecular weight is 352 g/mol. The van der Waals surface area contributed by atoms with Gasteiger partial charge in [0.1, 0.15) is 5.54 Å². The monoisotopic (exact) mass is 352 g/mol. The molecular weight excluding hydrogens is 332 g/mol. The molecule has 25 heavy (non-hydrogen) atoms. The van der Waals surface area contributed by atoms with Crippen molar-refractivity contribution in [3.8, 4) is 0 Å². The SMILES string of the molecule is COS(=O)NNC(c1ccccc1)(c1ccccc1)c1ccccc1. The van der Waals surface area contributed by atoms with Gasteiger partial charge >= 0.3 is 0 Å². The molecular formula is C20H20N2O2S. The molecule has 3 aromatic carbocycles. The highest BCUT2D eigenvalue weighted by Crippen LogP contribution is 2.36. The van der Waals surface area contributed by atoms with Crippen LogP contribution in [0, 0.1) is 0 Å². The molecule has 2 N–H and O–H groups in total. The van der Waals surface area contributed by atoms with E-state index < -0.39 is 16.8 Å². The predicted molar refractivity (Wildman–Crippen MR) is 101 cm³/mol. The maximum Gasteiger partial charge on any atom is 0.248 e. The fraction of sp³-hybridized carbons (Fsp3) is 0.100. The van der Waals surface area contributed by atoms with E-state index in [9.17, 15) is 4.21 Å². The second kappa shape index (κ2) is 8.18. The zero-order chi connectivity index (χ0) is 17.5. The van der Waals surface area contributed by atoms with Crippen molar-refractivity contribution in [1.29, 1.82) is 0 Å². The Morgan fingerprint density at radius 3 is 1.40 bits per heavy atom. The van der Waals surface area contributed by atoms with E-state index in [4.69, 9.17) is 4.18 Å². The van der Waals surface area contributed by atoms with E-state index in [0.717, 1.165) is 16.7 Å². The molecule has 0 aromatic heterocycles. The highest BCUT2D eigenvalue weighted by molar-refractivity contribution is 7.78. The molecule has 1 atom stereocenters. The molecule has 0 bridgehead atoms. The molecule has 0 saturated carbocycles. The second-order valence-corrected chi connectivity index (χ2v) is 6.48. The van der Waals surface area contributed by atoms with Gasteiger partial charge in [-0.3, -0.25) is 4.18 Å². The summed E-state index contributed by atoms with van der Waals surface area (Å²) < 4.78 is 16.7. The summed E-state index contributed by atoms with van der Waals surface area (Å²) in [5.41, 5.74) is 5.60. The van der Waals surface area contributed by atoms with E-state index in [0.29, 0.717) is 0 Å². The van der Waals surface area contributed by atoms with Crippen LogP contribution in [0.4, 0.5) is 0 Å². The zero-order valence-corrected chi connectivity index (χ0v) is 14.7. The van der Waals surface area contributed by atoms with Crippen molar-refractivity contribution in [2.45, 2.75) is 5.54 Å². The Labute approximate surface area is 150 Å². The summed E-state index contributed by atoms with van der Waals surface area (Å²) in [6.45, 7) is 0. The van der Waals surface area contributed by atoms with Crippen molar-refractivity contribution in [3.05, 3.63) is 108 Å². The smallest absolute Gasteiger partial charge is 0.248 e. The van der Waals surface area contributed by atoms with Crippen molar-refractivity contribution in [3.63, 3.8) is 0 Å². The molecule has 0 aliphatic carbocycles. The average Bonchev–Trinajstić information content (AvgIpc) is 2.71. The van der Waals surface area contributed by atoms with Crippen molar-refractivity contribution in [2.24, 2.45) is 0 Å². The number of rotatable bonds is 7. The molecule has 5 heteroatoms. The molecule has 0 saturated heterocycles. The molecule has 4 nitrogen and oxygen atoms in total. The summed E-state index contributed by atoms with van der Waals surface area (Å²) in [5.74, 6) is 0. The first-order chi connectivity index (χ1) is 12.3. The van der Waals surface area contributed by atoms with E-state index in [1.165, 1.54) is 7.11 Å². The van der Waals surface area contributed by atoms with Crippen molar-refractivity contribution < 1.29 is 8.39 Å². The minimum absolute atomic E-state index is 0.724. The van der Waals surface area contributed by atoms with Gasteiger partial charge < -0.3 is 0 Å². The van der Waals surface area contributed by atoms with Crippen molar-refractivity contribution in [1.82, 2.24) is 10.3 Å². The predicted octanol–water partition coefficient (Wildman–Crippen LogP) is 3.30. The van der Waals surface area contributed by atoms with Crippen LogP contribution in [0.15, 0.2) is 91.0 Å². The van der Waals surface area contributed by atoms with Gasteiger partial charge in [-0.05, 0) is 16.7 Å². The standard InChI is InChI=1S/C20H20N2O2S/c1-24-25(23)22-21-20(17-11-5-2-6-12-17,18-13-7-3-8-14-18)19-15-9-4-10-16-19/h2-16,21-22H,1H3. The van der Waals surface area contributed by atoms with Crippen LogP contribution in [0.2, 0.25) is 0 Å². The van der Waals surface area contributed by atoms with Gasteiger partial charge in [0, 0.05) is 0 Å². The maximum atomic E-state index is 11.9. The van der Waals surface area contributed by atoms with Gasteiger partial charge in [-0.15, -0.1) is 4.83 Å². The van der Waals surface area contributed by atoms with Gasteiger partial charge in [0.05, 0.1) is 7.11 Å². The minimum atomic E-state index is -1.66. The summed E-state index contributed by atoms with van der Waals surface area (Å²) in [4.78, 5) is 2.77. The Kier molecular flexibility index (Phi) is 5.73. The largest absolute Gasteiger partial charge is 0.281 e. The Hall–Kier alpha value is -2.31. The molecule has 0 radical (unpaired) electrons. The molecule has 3 rings (SSSR count). The Bertz CT molecular complexity index is 714. The first-order valence-corrected chi connectivity index (χ1v) is 9.00. The fourth-order valence-electron chi connectivity index (χ4n) is 2.94.